The molecule has 1 heterocycles. The summed E-state index contributed by atoms with van der Waals surface area (Å²) in [5.41, 5.74) is 2.78. The number of ketones is 1. The number of hydrogen-bond acceptors (Lipinski definition) is 7. The van der Waals surface area contributed by atoms with Crippen molar-refractivity contribution in [3.63, 3.8) is 0 Å². The molecule has 7 heteroatoms. The SMILES string of the molecule is CC1=CCC[C@@]2(C)[C@@H](CC[C@@]2(O)CN(CCc2cccs2)C[C@H](O)CO)c2ccc(cc2C(=O)c2ccccc2)C[C@@H](O)CC1. The van der Waals surface area contributed by atoms with E-state index in [-0.39, 0.29) is 24.9 Å². The van der Waals surface area contributed by atoms with Crippen molar-refractivity contribution < 1.29 is 25.2 Å². The van der Waals surface area contributed by atoms with E-state index < -0.39 is 23.2 Å². The van der Waals surface area contributed by atoms with E-state index in [1.54, 1.807) is 11.3 Å². The lowest BCUT2D eigenvalue weighted by molar-refractivity contribution is -0.0889. The summed E-state index contributed by atoms with van der Waals surface area (Å²) in [6, 6.07) is 19.6. The van der Waals surface area contributed by atoms with Crippen LogP contribution < -0.4 is 0 Å². The van der Waals surface area contributed by atoms with Gasteiger partial charge in [-0.15, -0.1) is 11.3 Å². The molecule has 45 heavy (non-hydrogen) atoms. The quantitative estimate of drug-likeness (QED) is 0.164. The van der Waals surface area contributed by atoms with Crippen LogP contribution in [0.25, 0.3) is 0 Å². The molecule has 2 aromatic carbocycles. The first-order valence-electron chi connectivity index (χ1n) is 16.4. The van der Waals surface area contributed by atoms with E-state index in [2.05, 4.69) is 48.4 Å². The molecule has 0 spiro atoms. The van der Waals surface area contributed by atoms with E-state index >= 15 is 0 Å². The number of aliphatic hydroxyl groups excluding tert-OH is 3. The molecular formula is C38H49NO5S. The van der Waals surface area contributed by atoms with Gasteiger partial charge in [0.15, 0.2) is 5.78 Å². The Labute approximate surface area is 272 Å². The lowest BCUT2D eigenvalue weighted by Gasteiger charge is -2.46. The molecule has 0 aliphatic heterocycles. The molecule has 1 saturated carbocycles. The average Bonchev–Trinajstić information content (AvgIpc) is 3.64. The highest BCUT2D eigenvalue weighted by atomic mass is 32.1. The second-order valence-corrected chi connectivity index (χ2v) is 14.6. The highest BCUT2D eigenvalue weighted by Gasteiger charge is 2.57. The fourth-order valence-corrected chi connectivity index (χ4v) is 8.32. The van der Waals surface area contributed by atoms with Gasteiger partial charge < -0.3 is 20.4 Å². The molecule has 3 aromatic rings. The summed E-state index contributed by atoms with van der Waals surface area (Å²) < 4.78 is 0. The number of carbonyl (C=O) groups is 1. The smallest absolute Gasteiger partial charge is 0.193 e. The van der Waals surface area contributed by atoms with Gasteiger partial charge >= 0.3 is 0 Å². The Morgan fingerprint density at radius 3 is 2.62 bits per heavy atom. The normalized spacial score (nSPS) is 26.3. The van der Waals surface area contributed by atoms with E-state index in [0.717, 1.165) is 43.2 Å². The summed E-state index contributed by atoms with van der Waals surface area (Å²) in [5, 5.41) is 45.8. The molecule has 3 aliphatic rings. The summed E-state index contributed by atoms with van der Waals surface area (Å²) in [6.45, 7) is 5.29. The Morgan fingerprint density at radius 2 is 1.89 bits per heavy atom. The summed E-state index contributed by atoms with van der Waals surface area (Å²) in [6.07, 6.45) is 6.43. The Hall–Kier alpha value is -2.65. The first kappa shape index (κ1) is 33.7. The van der Waals surface area contributed by atoms with E-state index in [9.17, 15) is 25.2 Å². The minimum absolute atomic E-state index is 0.0359. The fourth-order valence-electron chi connectivity index (χ4n) is 7.63. The molecule has 0 radical (unpaired) electrons. The van der Waals surface area contributed by atoms with Gasteiger partial charge in [-0.1, -0.05) is 67.1 Å². The van der Waals surface area contributed by atoms with E-state index in [1.807, 2.05) is 42.5 Å². The molecule has 1 aromatic heterocycles. The lowest BCUT2D eigenvalue weighted by atomic mass is 9.64. The Balaban J connectivity index is 1.55. The zero-order valence-electron chi connectivity index (χ0n) is 26.7. The zero-order chi connectivity index (χ0) is 32.0. The molecule has 0 unspecified atom stereocenters. The number of nitrogens with zero attached hydrogens (tertiary/aromatic N) is 1. The number of rotatable bonds is 10. The molecule has 1 fully saturated rings. The molecule has 0 amide bonds. The second-order valence-electron chi connectivity index (χ2n) is 13.5. The third-order valence-electron chi connectivity index (χ3n) is 10.4. The molecule has 6 rings (SSSR count). The number of benzene rings is 2. The minimum Gasteiger partial charge on any atom is -0.394 e. The van der Waals surface area contributed by atoms with E-state index in [1.165, 1.54) is 10.5 Å². The number of thiophene rings is 1. The maximum absolute atomic E-state index is 14.1. The topological polar surface area (TPSA) is 101 Å². The summed E-state index contributed by atoms with van der Waals surface area (Å²) in [5.74, 6) is -0.103. The summed E-state index contributed by atoms with van der Waals surface area (Å²) in [4.78, 5) is 17.5. The molecule has 0 saturated heterocycles. The monoisotopic (exact) mass is 631 g/mol. The number of carbonyl (C=O) groups excluding carboxylic acids is 1. The van der Waals surface area contributed by atoms with Crippen LogP contribution in [-0.2, 0) is 12.8 Å². The Morgan fingerprint density at radius 1 is 1.09 bits per heavy atom. The van der Waals surface area contributed by atoms with Gasteiger partial charge in [0.05, 0.1) is 24.4 Å². The van der Waals surface area contributed by atoms with Crippen LogP contribution in [0.5, 0.6) is 0 Å². The molecule has 4 N–H and O–H groups in total. The highest BCUT2D eigenvalue weighted by Crippen LogP contribution is 2.58. The number of hydrogen-bond donors (Lipinski definition) is 4. The van der Waals surface area contributed by atoms with Crippen molar-refractivity contribution in [3.05, 3.63) is 105 Å². The van der Waals surface area contributed by atoms with E-state index in [0.29, 0.717) is 43.5 Å². The van der Waals surface area contributed by atoms with Gasteiger partial charge in [-0.25, -0.2) is 0 Å². The third-order valence-corrected chi connectivity index (χ3v) is 11.3. The van der Waals surface area contributed by atoms with Crippen molar-refractivity contribution in [3.8, 4) is 0 Å². The van der Waals surface area contributed by atoms with Crippen molar-refractivity contribution in [2.75, 3.05) is 26.2 Å². The van der Waals surface area contributed by atoms with Crippen molar-refractivity contribution in [2.24, 2.45) is 5.41 Å². The van der Waals surface area contributed by atoms with Gasteiger partial charge in [0, 0.05) is 41.1 Å². The van der Waals surface area contributed by atoms with Crippen LogP contribution in [0.15, 0.2) is 77.7 Å². The van der Waals surface area contributed by atoms with Crippen molar-refractivity contribution in [1.29, 1.82) is 0 Å². The molecule has 3 aliphatic carbocycles. The summed E-state index contributed by atoms with van der Waals surface area (Å²) in [7, 11) is 0. The van der Waals surface area contributed by atoms with Crippen LogP contribution in [0, 0.1) is 5.41 Å². The molecule has 2 bridgehead atoms. The van der Waals surface area contributed by atoms with Crippen LogP contribution in [0.1, 0.15) is 90.2 Å². The predicted octanol–water partition coefficient (Wildman–Crippen LogP) is 5.92. The van der Waals surface area contributed by atoms with Gasteiger partial charge in [-0.05, 0) is 92.8 Å². The van der Waals surface area contributed by atoms with Crippen molar-refractivity contribution in [2.45, 2.75) is 88.9 Å². The zero-order valence-corrected chi connectivity index (χ0v) is 27.5. The largest absolute Gasteiger partial charge is 0.394 e. The van der Waals surface area contributed by atoms with Crippen LogP contribution in [0.3, 0.4) is 0 Å². The maximum Gasteiger partial charge on any atom is 0.193 e. The first-order chi connectivity index (χ1) is 21.6. The Bertz CT molecular complexity index is 1440. The fraction of sp³-hybridized carbons (Fsp3) is 0.500. The molecule has 242 valence electrons. The van der Waals surface area contributed by atoms with Gasteiger partial charge in [0.2, 0.25) is 0 Å². The van der Waals surface area contributed by atoms with Crippen molar-refractivity contribution >= 4 is 17.1 Å². The van der Waals surface area contributed by atoms with E-state index in [4.69, 9.17) is 0 Å². The molecule has 5 atom stereocenters. The molecular weight excluding hydrogens is 582 g/mol. The second kappa shape index (κ2) is 14.8. The van der Waals surface area contributed by atoms with Gasteiger partial charge in [-0.2, -0.15) is 0 Å². The van der Waals surface area contributed by atoms with Gasteiger partial charge in [0.25, 0.3) is 0 Å². The number of fused-ring (bicyclic) bond motifs is 8. The maximum atomic E-state index is 14.1. The first-order valence-corrected chi connectivity index (χ1v) is 17.3. The van der Waals surface area contributed by atoms with Crippen LogP contribution in [-0.4, -0.2) is 75.2 Å². The van der Waals surface area contributed by atoms with Gasteiger partial charge in [-0.3, -0.25) is 9.69 Å². The van der Waals surface area contributed by atoms with Gasteiger partial charge in [0.1, 0.15) is 0 Å². The van der Waals surface area contributed by atoms with Crippen molar-refractivity contribution in [1.82, 2.24) is 4.90 Å². The Kier molecular flexibility index (Phi) is 11.1. The minimum atomic E-state index is -1.08. The van der Waals surface area contributed by atoms with Crippen LogP contribution in [0.2, 0.25) is 0 Å². The lowest BCUT2D eigenvalue weighted by Crippen LogP contribution is -2.54. The number of aliphatic hydroxyl groups is 4. The molecule has 6 nitrogen and oxygen atoms in total. The summed E-state index contributed by atoms with van der Waals surface area (Å²) >= 11 is 1.70. The van der Waals surface area contributed by atoms with Crippen LogP contribution in [0.4, 0.5) is 0 Å². The highest BCUT2D eigenvalue weighted by molar-refractivity contribution is 7.09. The van der Waals surface area contributed by atoms with Crippen LogP contribution >= 0.6 is 11.3 Å². The third kappa shape index (κ3) is 7.84. The standard InChI is InChI=1S/C38H49NO5S/c1-27-8-6-18-37(2)35(16-19-38(37,44)26-39(24-31(42)25-40)20-17-32-11-7-21-45-32)33-15-13-28(22-30(41)14-12-27)23-34(33)36(43)29-9-4-3-5-10-29/h3-5,7-11,13,15,21,23,30-31,35,40-42,44H,6,12,14,16-20,22,24-26H2,1-2H3/t30-,31-,35-,37-,38+/m0/s1. The number of allylic oxidation sites excluding steroid dienone is 2. The predicted molar refractivity (Wildman–Crippen MR) is 181 cm³/mol. The average molecular weight is 632 g/mol.